The largest absolute Gasteiger partial charge is 0.375 e. The summed E-state index contributed by atoms with van der Waals surface area (Å²) in [6, 6.07) is -0.280. The van der Waals surface area contributed by atoms with Gasteiger partial charge in [0.05, 0.1) is 18.8 Å². The van der Waals surface area contributed by atoms with E-state index >= 15 is 0 Å². The van der Waals surface area contributed by atoms with Crippen LogP contribution in [0.15, 0.2) is 0 Å². The number of imide groups is 1. The number of piperidine rings is 1. The van der Waals surface area contributed by atoms with Gasteiger partial charge in [-0.25, -0.2) is 4.79 Å². The Kier molecular flexibility index (Phi) is 6.07. The van der Waals surface area contributed by atoms with Crippen molar-refractivity contribution in [1.82, 2.24) is 15.5 Å². The zero-order valence-electron chi connectivity index (χ0n) is 18.4. The normalized spacial score (nSPS) is 37.3. The zero-order valence-corrected chi connectivity index (χ0v) is 18.4. The van der Waals surface area contributed by atoms with Gasteiger partial charge in [-0.1, -0.05) is 19.3 Å². The molecule has 6 fully saturated rings. The standard InChI is InChI=1S/C24H39N3O3/c28-22(16-27-8-6-21(7-9-27)30-20-4-2-1-3-5-20)25-23(29)26-24-13-17-10-18(14-24)12-19(11-17)15-24/h17-21H,1-16H2,(H2,25,26,28,29). The molecule has 2 N–H and O–H groups in total. The topological polar surface area (TPSA) is 70.7 Å². The van der Waals surface area contributed by atoms with Crippen LogP contribution in [0.3, 0.4) is 0 Å². The first-order valence-electron chi connectivity index (χ1n) is 12.5. The van der Waals surface area contributed by atoms with E-state index in [2.05, 4.69) is 15.5 Å². The van der Waals surface area contributed by atoms with E-state index in [1.165, 1.54) is 51.4 Å². The van der Waals surface area contributed by atoms with Crippen molar-refractivity contribution in [2.45, 2.75) is 101 Å². The molecule has 3 amide bonds. The van der Waals surface area contributed by atoms with Gasteiger partial charge in [0.2, 0.25) is 5.91 Å². The molecule has 168 valence electrons. The third-order valence-corrected chi connectivity index (χ3v) is 8.51. The van der Waals surface area contributed by atoms with Crippen LogP contribution < -0.4 is 10.6 Å². The summed E-state index contributed by atoms with van der Waals surface area (Å²) < 4.78 is 6.29. The predicted octanol–water partition coefficient (Wildman–Crippen LogP) is 3.59. The summed E-state index contributed by atoms with van der Waals surface area (Å²) >= 11 is 0. The first-order valence-corrected chi connectivity index (χ1v) is 12.5. The highest BCUT2D eigenvalue weighted by molar-refractivity contribution is 5.95. The molecule has 0 aromatic heterocycles. The van der Waals surface area contributed by atoms with E-state index < -0.39 is 0 Å². The van der Waals surface area contributed by atoms with Gasteiger partial charge < -0.3 is 10.1 Å². The van der Waals surface area contributed by atoms with Crippen molar-refractivity contribution in [3.63, 3.8) is 0 Å². The first kappa shape index (κ1) is 20.7. The number of ether oxygens (including phenoxy) is 1. The highest BCUT2D eigenvalue weighted by atomic mass is 16.5. The summed E-state index contributed by atoms with van der Waals surface area (Å²) in [7, 11) is 0. The van der Waals surface area contributed by atoms with Crippen LogP contribution in [0.2, 0.25) is 0 Å². The number of rotatable bonds is 5. The molecule has 6 rings (SSSR count). The molecule has 0 aromatic rings. The van der Waals surface area contributed by atoms with Crippen LogP contribution in [0.5, 0.6) is 0 Å². The second-order valence-electron chi connectivity index (χ2n) is 11.1. The number of likely N-dealkylation sites (tertiary alicyclic amines) is 1. The van der Waals surface area contributed by atoms with E-state index in [1.807, 2.05) is 0 Å². The average Bonchev–Trinajstić information content (AvgIpc) is 2.68. The Morgan fingerprint density at radius 1 is 0.833 bits per heavy atom. The number of carbonyl (C=O) groups is 2. The number of urea groups is 1. The summed E-state index contributed by atoms with van der Waals surface area (Å²) in [6.07, 6.45) is 16.5. The van der Waals surface area contributed by atoms with E-state index in [0.717, 1.165) is 62.9 Å². The Morgan fingerprint density at radius 3 is 2.00 bits per heavy atom. The summed E-state index contributed by atoms with van der Waals surface area (Å²) in [6.45, 7) is 2.06. The van der Waals surface area contributed by atoms with Crippen molar-refractivity contribution in [2.75, 3.05) is 19.6 Å². The maximum Gasteiger partial charge on any atom is 0.321 e. The van der Waals surface area contributed by atoms with Crippen LogP contribution in [0.25, 0.3) is 0 Å². The number of amides is 3. The van der Waals surface area contributed by atoms with E-state index in [-0.39, 0.29) is 17.5 Å². The smallest absolute Gasteiger partial charge is 0.321 e. The van der Waals surface area contributed by atoms with E-state index in [9.17, 15) is 9.59 Å². The summed E-state index contributed by atoms with van der Waals surface area (Å²) in [5.74, 6) is 2.17. The fraction of sp³-hybridized carbons (Fsp3) is 0.917. The molecule has 0 spiro atoms. The minimum absolute atomic E-state index is 0.0477. The van der Waals surface area contributed by atoms with E-state index in [0.29, 0.717) is 18.8 Å². The molecule has 5 aliphatic carbocycles. The van der Waals surface area contributed by atoms with Gasteiger partial charge in [0.1, 0.15) is 0 Å². The summed E-state index contributed by atoms with van der Waals surface area (Å²) in [4.78, 5) is 27.2. The quantitative estimate of drug-likeness (QED) is 0.717. The molecule has 0 aromatic carbocycles. The lowest BCUT2D eigenvalue weighted by molar-refractivity contribution is -0.122. The SMILES string of the molecule is O=C(CN1CCC(OC2CCCCC2)CC1)NC(=O)NC12CC3CC(CC(C3)C1)C2. The van der Waals surface area contributed by atoms with Crippen molar-refractivity contribution in [1.29, 1.82) is 0 Å². The predicted molar refractivity (Wildman–Crippen MR) is 115 cm³/mol. The third-order valence-electron chi connectivity index (χ3n) is 8.51. The van der Waals surface area contributed by atoms with Gasteiger partial charge in [0.25, 0.3) is 0 Å². The van der Waals surface area contributed by atoms with Crippen molar-refractivity contribution >= 4 is 11.9 Å². The van der Waals surface area contributed by atoms with Crippen molar-refractivity contribution < 1.29 is 14.3 Å². The Bertz CT molecular complexity index is 602. The Morgan fingerprint density at radius 2 is 1.40 bits per heavy atom. The maximum absolute atomic E-state index is 12.6. The number of nitrogens with zero attached hydrogens (tertiary/aromatic N) is 1. The fourth-order valence-electron chi connectivity index (χ4n) is 7.58. The number of hydrogen-bond donors (Lipinski definition) is 2. The minimum atomic E-state index is -0.280. The van der Waals surface area contributed by atoms with Crippen LogP contribution in [-0.4, -0.2) is 54.2 Å². The Hall–Kier alpha value is -1.14. The third kappa shape index (κ3) is 4.85. The van der Waals surface area contributed by atoms with Crippen LogP contribution >= 0.6 is 0 Å². The minimum Gasteiger partial charge on any atom is -0.375 e. The van der Waals surface area contributed by atoms with Gasteiger partial charge in [0.15, 0.2) is 0 Å². The molecule has 6 nitrogen and oxygen atoms in total. The highest BCUT2D eigenvalue weighted by Gasteiger charge is 2.51. The molecule has 1 heterocycles. The molecule has 5 saturated carbocycles. The second kappa shape index (κ2) is 8.78. The Labute approximate surface area is 180 Å². The lowest BCUT2D eigenvalue weighted by Gasteiger charge is -2.56. The molecular weight excluding hydrogens is 378 g/mol. The van der Waals surface area contributed by atoms with Gasteiger partial charge in [-0.3, -0.25) is 15.0 Å². The number of carbonyl (C=O) groups excluding carboxylic acids is 2. The maximum atomic E-state index is 12.6. The van der Waals surface area contributed by atoms with Crippen LogP contribution in [0.4, 0.5) is 4.79 Å². The van der Waals surface area contributed by atoms with Crippen molar-refractivity contribution in [3.05, 3.63) is 0 Å². The lowest BCUT2D eigenvalue weighted by atomic mass is 9.53. The first-order chi connectivity index (χ1) is 14.6. The monoisotopic (exact) mass is 417 g/mol. The van der Waals surface area contributed by atoms with Gasteiger partial charge in [-0.15, -0.1) is 0 Å². The molecular formula is C24H39N3O3. The number of hydrogen-bond acceptors (Lipinski definition) is 4. The number of nitrogens with one attached hydrogen (secondary N) is 2. The molecule has 0 unspecified atom stereocenters. The average molecular weight is 418 g/mol. The molecule has 0 atom stereocenters. The molecule has 6 heteroatoms. The zero-order chi connectivity index (χ0) is 20.6. The van der Waals surface area contributed by atoms with Crippen LogP contribution in [0, 0.1) is 17.8 Å². The van der Waals surface area contributed by atoms with Crippen LogP contribution in [0.1, 0.15) is 83.5 Å². The van der Waals surface area contributed by atoms with Gasteiger partial charge in [-0.05, 0) is 82.0 Å². The van der Waals surface area contributed by atoms with Crippen LogP contribution in [-0.2, 0) is 9.53 Å². The fourth-order valence-corrected chi connectivity index (χ4v) is 7.58. The second-order valence-corrected chi connectivity index (χ2v) is 11.1. The highest BCUT2D eigenvalue weighted by Crippen LogP contribution is 2.55. The lowest BCUT2D eigenvalue weighted by Crippen LogP contribution is -2.62. The van der Waals surface area contributed by atoms with Crippen molar-refractivity contribution in [3.8, 4) is 0 Å². The summed E-state index contributed by atoms with van der Waals surface area (Å²) in [5, 5.41) is 5.85. The van der Waals surface area contributed by atoms with Crippen molar-refractivity contribution in [2.24, 2.45) is 17.8 Å². The van der Waals surface area contributed by atoms with Gasteiger partial charge >= 0.3 is 6.03 Å². The summed E-state index contributed by atoms with van der Waals surface area (Å²) in [5.41, 5.74) is -0.0477. The van der Waals surface area contributed by atoms with E-state index in [1.54, 1.807) is 0 Å². The molecule has 0 radical (unpaired) electrons. The molecule has 1 aliphatic heterocycles. The molecule has 30 heavy (non-hydrogen) atoms. The molecule has 6 aliphatic rings. The van der Waals surface area contributed by atoms with Gasteiger partial charge in [-0.2, -0.15) is 0 Å². The Balaban J connectivity index is 1.03. The molecule has 1 saturated heterocycles. The van der Waals surface area contributed by atoms with Gasteiger partial charge in [0, 0.05) is 18.6 Å². The molecule has 4 bridgehead atoms. The van der Waals surface area contributed by atoms with E-state index in [4.69, 9.17) is 4.74 Å².